The summed E-state index contributed by atoms with van der Waals surface area (Å²) in [6.07, 6.45) is 12.3. The highest BCUT2D eigenvalue weighted by atomic mass is 127. The maximum absolute atomic E-state index is 4.43. The molecule has 1 heterocycles. The predicted octanol–water partition coefficient (Wildman–Crippen LogP) is 3.37. The van der Waals surface area contributed by atoms with Gasteiger partial charge in [0.15, 0.2) is 5.96 Å². The van der Waals surface area contributed by atoms with Crippen molar-refractivity contribution in [1.82, 2.24) is 15.5 Å². The van der Waals surface area contributed by atoms with E-state index in [2.05, 4.69) is 27.4 Å². The van der Waals surface area contributed by atoms with E-state index in [1.807, 2.05) is 7.05 Å². The molecule has 23 heavy (non-hydrogen) atoms. The number of halogens is 1. The predicted molar refractivity (Wildman–Crippen MR) is 109 cm³/mol. The fourth-order valence-electron chi connectivity index (χ4n) is 4.33. The minimum Gasteiger partial charge on any atom is -0.354 e. The molecule has 134 valence electrons. The summed E-state index contributed by atoms with van der Waals surface area (Å²) in [6, 6.07) is 2.16. The molecule has 1 aliphatic heterocycles. The molecule has 2 N–H and O–H groups in total. The zero-order valence-electron chi connectivity index (χ0n) is 14.9. The van der Waals surface area contributed by atoms with E-state index in [4.69, 9.17) is 0 Å². The second kappa shape index (κ2) is 9.44. The van der Waals surface area contributed by atoms with Gasteiger partial charge in [-0.05, 0) is 44.4 Å². The first kappa shape index (κ1) is 19.3. The van der Waals surface area contributed by atoms with Crippen LogP contribution in [0.15, 0.2) is 4.99 Å². The molecule has 5 heteroatoms. The van der Waals surface area contributed by atoms with Gasteiger partial charge in [0.25, 0.3) is 0 Å². The highest BCUT2D eigenvalue weighted by molar-refractivity contribution is 14.0. The SMILES string of the molecule is CCCC1CC1NC(=NC)NC1CCN(C2CCCC2)CC1.I. The largest absolute Gasteiger partial charge is 0.354 e. The van der Waals surface area contributed by atoms with Gasteiger partial charge in [-0.25, -0.2) is 0 Å². The monoisotopic (exact) mass is 434 g/mol. The molecule has 0 aromatic rings. The maximum Gasteiger partial charge on any atom is 0.191 e. The average Bonchev–Trinajstić information content (AvgIpc) is 3.04. The van der Waals surface area contributed by atoms with Gasteiger partial charge in [0.1, 0.15) is 0 Å². The molecule has 0 aromatic carbocycles. The van der Waals surface area contributed by atoms with E-state index in [0.29, 0.717) is 12.1 Å². The lowest BCUT2D eigenvalue weighted by atomic mass is 10.0. The van der Waals surface area contributed by atoms with Crippen molar-refractivity contribution in [2.45, 2.75) is 82.8 Å². The van der Waals surface area contributed by atoms with Crippen molar-refractivity contribution in [3.05, 3.63) is 0 Å². The number of piperidine rings is 1. The highest BCUT2D eigenvalue weighted by Crippen LogP contribution is 2.34. The van der Waals surface area contributed by atoms with Crippen LogP contribution in [0.25, 0.3) is 0 Å². The van der Waals surface area contributed by atoms with Crippen molar-refractivity contribution in [3.63, 3.8) is 0 Å². The number of guanidine groups is 1. The molecule has 3 aliphatic rings. The molecule has 0 aromatic heterocycles. The molecular formula is C18H35IN4. The van der Waals surface area contributed by atoms with Crippen LogP contribution in [0.2, 0.25) is 0 Å². The summed E-state index contributed by atoms with van der Waals surface area (Å²) in [5.74, 6) is 1.91. The lowest BCUT2D eigenvalue weighted by Crippen LogP contribution is -2.50. The lowest BCUT2D eigenvalue weighted by Gasteiger charge is -2.36. The number of likely N-dealkylation sites (tertiary alicyclic amines) is 1. The maximum atomic E-state index is 4.43. The van der Waals surface area contributed by atoms with Crippen LogP contribution in [-0.2, 0) is 0 Å². The molecular weight excluding hydrogens is 399 g/mol. The topological polar surface area (TPSA) is 39.7 Å². The third kappa shape index (κ3) is 5.48. The van der Waals surface area contributed by atoms with Crippen LogP contribution in [0.4, 0.5) is 0 Å². The fourth-order valence-corrected chi connectivity index (χ4v) is 4.33. The second-order valence-electron chi connectivity index (χ2n) is 7.50. The summed E-state index contributed by atoms with van der Waals surface area (Å²) in [6.45, 7) is 4.81. The summed E-state index contributed by atoms with van der Waals surface area (Å²) < 4.78 is 0. The second-order valence-corrected chi connectivity index (χ2v) is 7.50. The van der Waals surface area contributed by atoms with Gasteiger partial charge >= 0.3 is 0 Å². The Morgan fingerprint density at radius 2 is 1.78 bits per heavy atom. The average molecular weight is 434 g/mol. The Bertz CT molecular complexity index is 373. The summed E-state index contributed by atoms with van der Waals surface area (Å²) in [7, 11) is 1.90. The van der Waals surface area contributed by atoms with Crippen LogP contribution in [0.1, 0.15) is 64.7 Å². The van der Waals surface area contributed by atoms with Crippen LogP contribution in [0, 0.1) is 5.92 Å². The van der Waals surface area contributed by atoms with Crippen LogP contribution in [0.3, 0.4) is 0 Å². The van der Waals surface area contributed by atoms with Gasteiger partial charge in [0.2, 0.25) is 0 Å². The van der Waals surface area contributed by atoms with Gasteiger partial charge in [0.05, 0.1) is 0 Å². The molecule has 1 saturated heterocycles. The third-order valence-corrected chi connectivity index (χ3v) is 5.84. The Kier molecular flexibility index (Phi) is 7.92. The molecule has 0 spiro atoms. The molecule has 0 radical (unpaired) electrons. The Morgan fingerprint density at radius 1 is 1.09 bits per heavy atom. The van der Waals surface area contributed by atoms with Crippen molar-refractivity contribution in [2.75, 3.05) is 20.1 Å². The van der Waals surface area contributed by atoms with E-state index in [1.165, 1.54) is 70.9 Å². The van der Waals surface area contributed by atoms with Crippen molar-refractivity contribution in [3.8, 4) is 0 Å². The smallest absolute Gasteiger partial charge is 0.191 e. The number of nitrogens with one attached hydrogen (secondary N) is 2. The summed E-state index contributed by atoms with van der Waals surface area (Å²) in [4.78, 5) is 7.17. The van der Waals surface area contributed by atoms with E-state index >= 15 is 0 Å². The molecule has 3 rings (SSSR count). The number of rotatable bonds is 5. The van der Waals surface area contributed by atoms with Gasteiger partial charge in [-0.2, -0.15) is 0 Å². The van der Waals surface area contributed by atoms with Crippen molar-refractivity contribution >= 4 is 29.9 Å². The lowest BCUT2D eigenvalue weighted by molar-refractivity contribution is 0.150. The zero-order valence-corrected chi connectivity index (χ0v) is 17.2. The van der Waals surface area contributed by atoms with Gasteiger partial charge in [-0.15, -0.1) is 24.0 Å². The first-order valence-electron chi connectivity index (χ1n) is 9.54. The van der Waals surface area contributed by atoms with E-state index in [9.17, 15) is 0 Å². The zero-order chi connectivity index (χ0) is 15.4. The molecule has 2 aliphatic carbocycles. The van der Waals surface area contributed by atoms with Gasteiger partial charge in [0, 0.05) is 38.3 Å². The first-order valence-corrected chi connectivity index (χ1v) is 9.54. The first-order chi connectivity index (χ1) is 10.8. The van der Waals surface area contributed by atoms with Crippen LogP contribution in [-0.4, -0.2) is 49.1 Å². The van der Waals surface area contributed by atoms with Crippen LogP contribution in [0.5, 0.6) is 0 Å². The van der Waals surface area contributed by atoms with Crippen molar-refractivity contribution in [1.29, 1.82) is 0 Å². The van der Waals surface area contributed by atoms with Gasteiger partial charge in [-0.3, -0.25) is 4.99 Å². The molecule has 4 nitrogen and oxygen atoms in total. The molecule has 2 atom stereocenters. The van der Waals surface area contributed by atoms with E-state index in [0.717, 1.165) is 17.9 Å². The summed E-state index contributed by atoms with van der Waals surface area (Å²) >= 11 is 0. The quantitative estimate of drug-likeness (QED) is 0.396. The van der Waals surface area contributed by atoms with Gasteiger partial charge in [-0.1, -0.05) is 26.2 Å². The number of nitrogens with zero attached hydrogens (tertiary/aromatic N) is 2. The van der Waals surface area contributed by atoms with Crippen molar-refractivity contribution in [2.24, 2.45) is 10.9 Å². The third-order valence-electron chi connectivity index (χ3n) is 5.84. The number of hydrogen-bond donors (Lipinski definition) is 2. The molecule has 0 bridgehead atoms. The number of aliphatic imine (C=N–C) groups is 1. The summed E-state index contributed by atoms with van der Waals surface area (Å²) in [5.41, 5.74) is 0. The molecule has 2 saturated carbocycles. The Balaban J connectivity index is 0.00000192. The van der Waals surface area contributed by atoms with Crippen LogP contribution < -0.4 is 10.6 Å². The fraction of sp³-hybridized carbons (Fsp3) is 0.944. The normalized spacial score (nSPS) is 30.1. The molecule has 0 amide bonds. The minimum atomic E-state index is 0. The summed E-state index contributed by atoms with van der Waals surface area (Å²) in [5, 5.41) is 7.28. The highest BCUT2D eigenvalue weighted by Gasteiger charge is 2.37. The Morgan fingerprint density at radius 3 is 2.39 bits per heavy atom. The minimum absolute atomic E-state index is 0. The van der Waals surface area contributed by atoms with E-state index in [-0.39, 0.29) is 24.0 Å². The molecule has 3 fully saturated rings. The molecule has 2 unspecified atom stereocenters. The standard InChI is InChI=1S/C18H34N4.HI/c1-3-6-14-13-17(14)21-18(19-2)20-15-9-11-22(12-10-15)16-7-4-5-8-16;/h14-17H,3-13H2,1-2H3,(H2,19,20,21);1H. The van der Waals surface area contributed by atoms with E-state index < -0.39 is 0 Å². The van der Waals surface area contributed by atoms with Crippen LogP contribution >= 0.6 is 24.0 Å². The Labute approximate surface area is 159 Å². The Hall–Kier alpha value is -0.0400. The number of hydrogen-bond acceptors (Lipinski definition) is 2. The van der Waals surface area contributed by atoms with Crippen molar-refractivity contribution < 1.29 is 0 Å². The van der Waals surface area contributed by atoms with Gasteiger partial charge < -0.3 is 15.5 Å². The van der Waals surface area contributed by atoms with E-state index in [1.54, 1.807) is 0 Å².